The highest BCUT2D eigenvalue weighted by Gasteiger charge is 2.23. The molecule has 0 aliphatic carbocycles. The average Bonchev–Trinajstić information content (AvgIpc) is 2.66. The molecule has 0 saturated heterocycles. The van der Waals surface area contributed by atoms with Crippen molar-refractivity contribution < 1.29 is 9.84 Å². The molecule has 0 radical (unpaired) electrons. The standard InChI is InChI=1S/C15H24N2O2/c1-19-11-9-17(8-10-18)15-6-7-16-12-13-4-2-3-5-14(13)15/h2-5,15-16,18H,6-12H2,1H3. The fourth-order valence-corrected chi connectivity index (χ4v) is 2.78. The third-order valence-electron chi connectivity index (χ3n) is 3.73. The Morgan fingerprint density at radius 1 is 1.37 bits per heavy atom. The molecule has 1 aromatic carbocycles. The number of nitrogens with one attached hydrogen (secondary N) is 1. The van der Waals surface area contributed by atoms with Crippen LogP contribution in [0.2, 0.25) is 0 Å². The van der Waals surface area contributed by atoms with E-state index in [2.05, 4.69) is 34.5 Å². The molecule has 0 aromatic heterocycles. The monoisotopic (exact) mass is 264 g/mol. The first kappa shape index (κ1) is 14.5. The lowest BCUT2D eigenvalue weighted by atomic mass is 9.98. The molecule has 0 bridgehead atoms. The predicted octanol–water partition coefficient (Wildman–Crippen LogP) is 1.16. The number of hydrogen-bond acceptors (Lipinski definition) is 4. The quantitative estimate of drug-likeness (QED) is 0.809. The Morgan fingerprint density at radius 2 is 2.21 bits per heavy atom. The van der Waals surface area contributed by atoms with Gasteiger partial charge in [-0.1, -0.05) is 24.3 Å². The zero-order chi connectivity index (χ0) is 13.5. The van der Waals surface area contributed by atoms with Crippen molar-refractivity contribution in [2.75, 3.05) is 40.0 Å². The Balaban J connectivity index is 2.20. The SMILES string of the molecule is COCCN(CCO)C1CCNCc2ccccc21. The number of nitrogens with zero attached hydrogens (tertiary/aromatic N) is 1. The lowest BCUT2D eigenvalue weighted by Crippen LogP contribution is -2.35. The maximum absolute atomic E-state index is 9.29. The molecular weight excluding hydrogens is 240 g/mol. The molecule has 2 rings (SSSR count). The van der Waals surface area contributed by atoms with Crippen LogP contribution >= 0.6 is 0 Å². The number of aliphatic hydroxyl groups excluding tert-OH is 1. The number of methoxy groups -OCH3 is 1. The van der Waals surface area contributed by atoms with Crippen LogP contribution in [0.15, 0.2) is 24.3 Å². The first-order chi connectivity index (χ1) is 9.36. The Hall–Kier alpha value is -0.940. The highest BCUT2D eigenvalue weighted by Crippen LogP contribution is 2.28. The summed E-state index contributed by atoms with van der Waals surface area (Å²) in [5.41, 5.74) is 2.75. The van der Waals surface area contributed by atoms with E-state index in [9.17, 15) is 5.11 Å². The summed E-state index contributed by atoms with van der Waals surface area (Å²) in [5.74, 6) is 0. The molecule has 1 aliphatic rings. The fourth-order valence-electron chi connectivity index (χ4n) is 2.78. The molecule has 106 valence electrons. The van der Waals surface area contributed by atoms with Gasteiger partial charge in [-0.2, -0.15) is 0 Å². The number of fused-ring (bicyclic) bond motifs is 1. The van der Waals surface area contributed by atoms with E-state index in [4.69, 9.17) is 4.74 Å². The van der Waals surface area contributed by atoms with Crippen LogP contribution in [0.3, 0.4) is 0 Å². The molecule has 0 fully saturated rings. The lowest BCUT2D eigenvalue weighted by molar-refractivity contribution is 0.0981. The maximum Gasteiger partial charge on any atom is 0.0589 e. The van der Waals surface area contributed by atoms with Gasteiger partial charge in [0.2, 0.25) is 0 Å². The van der Waals surface area contributed by atoms with Crippen LogP contribution in [0.1, 0.15) is 23.6 Å². The van der Waals surface area contributed by atoms with Crippen molar-refractivity contribution in [2.45, 2.75) is 19.0 Å². The van der Waals surface area contributed by atoms with Gasteiger partial charge in [0, 0.05) is 32.8 Å². The van der Waals surface area contributed by atoms with Crippen molar-refractivity contribution in [2.24, 2.45) is 0 Å². The highest BCUT2D eigenvalue weighted by molar-refractivity contribution is 5.31. The summed E-state index contributed by atoms with van der Waals surface area (Å²) in [4.78, 5) is 2.33. The average molecular weight is 264 g/mol. The Kier molecular flexibility index (Phi) is 5.79. The molecule has 4 heteroatoms. The van der Waals surface area contributed by atoms with Gasteiger partial charge >= 0.3 is 0 Å². The van der Waals surface area contributed by atoms with Gasteiger partial charge in [0.1, 0.15) is 0 Å². The molecule has 4 nitrogen and oxygen atoms in total. The summed E-state index contributed by atoms with van der Waals surface area (Å²) >= 11 is 0. The molecular formula is C15H24N2O2. The van der Waals surface area contributed by atoms with Crippen molar-refractivity contribution >= 4 is 0 Å². The lowest BCUT2D eigenvalue weighted by Gasteiger charge is -2.31. The van der Waals surface area contributed by atoms with E-state index in [0.717, 1.165) is 26.1 Å². The summed E-state index contributed by atoms with van der Waals surface area (Å²) in [7, 11) is 1.72. The van der Waals surface area contributed by atoms with Crippen LogP contribution in [0.25, 0.3) is 0 Å². The third-order valence-corrected chi connectivity index (χ3v) is 3.73. The van der Waals surface area contributed by atoms with Crippen molar-refractivity contribution in [3.63, 3.8) is 0 Å². The van der Waals surface area contributed by atoms with Crippen molar-refractivity contribution in [3.05, 3.63) is 35.4 Å². The second kappa shape index (κ2) is 7.60. The van der Waals surface area contributed by atoms with E-state index in [-0.39, 0.29) is 6.61 Å². The second-order valence-electron chi connectivity index (χ2n) is 4.93. The van der Waals surface area contributed by atoms with E-state index in [1.54, 1.807) is 7.11 Å². The largest absolute Gasteiger partial charge is 0.395 e. The van der Waals surface area contributed by atoms with Crippen molar-refractivity contribution in [1.29, 1.82) is 0 Å². The van der Waals surface area contributed by atoms with Crippen LogP contribution < -0.4 is 5.32 Å². The Bertz CT molecular complexity index is 384. The van der Waals surface area contributed by atoms with Crippen LogP contribution in [0, 0.1) is 0 Å². The summed E-state index contributed by atoms with van der Waals surface area (Å²) in [6, 6.07) is 8.96. The highest BCUT2D eigenvalue weighted by atomic mass is 16.5. The zero-order valence-electron chi connectivity index (χ0n) is 11.6. The normalized spacial score (nSPS) is 19.2. The molecule has 1 unspecified atom stereocenters. The van der Waals surface area contributed by atoms with Crippen LogP contribution in [-0.2, 0) is 11.3 Å². The third kappa shape index (κ3) is 3.76. The summed E-state index contributed by atoms with van der Waals surface area (Å²) in [6.07, 6.45) is 1.07. The molecule has 19 heavy (non-hydrogen) atoms. The first-order valence-corrected chi connectivity index (χ1v) is 6.99. The van der Waals surface area contributed by atoms with Gasteiger partial charge in [-0.25, -0.2) is 0 Å². The Morgan fingerprint density at radius 3 is 3.00 bits per heavy atom. The van der Waals surface area contributed by atoms with E-state index in [1.807, 2.05) is 0 Å². The Labute approximate surface area is 115 Å². The topological polar surface area (TPSA) is 44.7 Å². The first-order valence-electron chi connectivity index (χ1n) is 6.99. The van der Waals surface area contributed by atoms with Crippen LogP contribution in [0.5, 0.6) is 0 Å². The molecule has 0 spiro atoms. The smallest absolute Gasteiger partial charge is 0.0589 e. The maximum atomic E-state index is 9.29. The molecule has 1 aliphatic heterocycles. The number of benzene rings is 1. The molecule has 1 aromatic rings. The minimum Gasteiger partial charge on any atom is -0.395 e. The minimum atomic E-state index is 0.190. The van der Waals surface area contributed by atoms with E-state index in [1.165, 1.54) is 11.1 Å². The van der Waals surface area contributed by atoms with E-state index in [0.29, 0.717) is 19.2 Å². The molecule has 1 heterocycles. The van der Waals surface area contributed by atoms with Gasteiger partial charge in [-0.15, -0.1) is 0 Å². The number of hydrogen-bond donors (Lipinski definition) is 2. The second-order valence-corrected chi connectivity index (χ2v) is 4.93. The van der Waals surface area contributed by atoms with Gasteiger partial charge in [-0.05, 0) is 24.1 Å². The molecule has 2 N–H and O–H groups in total. The fraction of sp³-hybridized carbons (Fsp3) is 0.600. The van der Waals surface area contributed by atoms with E-state index < -0.39 is 0 Å². The molecule has 0 amide bonds. The van der Waals surface area contributed by atoms with Crippen molar-refractivity contribution in [1.82, 2.24) is 10.2 Å². The van der Waals surface area contributed by atoms with Gasteiger partial charge in [-0.3, -0.25) is 4.90 Å². The van der Waals surface area contributed by atoms with Gasteiger partial charge in [0.25, 0.3) is 0 Å². The summed E-state index contributed by atoms with van der Waals surface area (Å²) in [5, 5.41) is 12.8. The van der Waals surface area contributed by atoms with Gasteiger partial charge in [0.15, 0.2) is 0 Å². The van der Waals surface area contributed by atoms with Gasteiger partial charge in [0.05, 0.1) is 13.2 Å². The van der Waals surface area contributed by atoms with E-state index >= 15 is 0 Å². The minimum absolute atomic E-state index is 0.190. The van der Waals surface area contributed by atoms with Gasteiger partial charge < -0.3 is 15.2 Å². The zero-order valence-corrected chi connectivity index (χ0v) is 11.6. The summed E-state index contributed by atoms with van der Waals surface area (Å²) < 4.78 is 5.19. The number of aliphatic hydroxyl groups is 1. The van der Waals surface area contributed by atoms with Crippen LogP contribution in [0.4, 0.5) is 0 Å². The number of rotatable bonds is 6. The number of ether oxygens (including phenoxy) is 1. The predicted molar refractivity (Wildman–Crippen MR) is 76.0 cm³/mol. The van der Waals surface area contributed by atoms with Crippen molar-refractivity contribution in [3.8, 4) is 0 Å². The summed E-state index contributed by atoms with van der Waals surface area (Å²) in [6.45, 7) is 4.39. The van der Waals surface area contributed by atoms with Crippen LogP contribution in [-0.4, -0.2) is 50.0 Å². The molecule has 1 atom stereocenters. The molecule has 0 saturated carbocycles.